The molecule has 0 unspecified atom stereocenters. The number of fused-ring (bicyclic) bond motifs is 1. The predicted molar refractivity (Wildman–Crippen MR) is 96.2 cm³/mol. The second-order valence-corrected chi connectivity index (χ2v) is 5.63. The molecule has 1 N–H and O–H groups in total. The summed E-state index contributed by atoms with van der Waals surface area (Å²) in [6.07, 6.45) is 0. The van der Waals surface area contributed by atoms with Crippen molar-refractivity contribution < 1.29 is 4.99 Å². The third-order valence-corrected chi connectivity index (χ3v) is 4.19. The number of hydrogen-bond donors (Lipinski definition) is 1. The Labute approximate surface area is 136 Å². The van der Waals surface area contributed by atoms with Crippen molar-refractivity contribution in [1.82, 2.24) is 0 Å². The number of hydrogen-bond acceptors (Lipinski definition) is 0. The van der Waals surface area contributed by atoms with Crippen molar-refractivity contribution in [3.8, 4) is 0 Å². The minimum atomic E-state index is 1.04. The first-order valence-corrected chi connectivity index (χ1v) is 7.75. The van der Waals surface area contributed by atoms with Crippen LogP contribution >= 0.6 is 0 Å². The minimum Gasteiger partial charge on any atom is -0.204 e. The highest BCUT2D eigenvalue weighted by molar-refractivity contribution is 6.37. The Morgan fingerprint density at radius 1 is 0.696 bits per heavy atom. The molecule has 109 valence electrons. The van der Waals surface area contributed by atoms with E-state index in [0.717, 1.165) is 22.5 Å². The van der Waals surface area contributed by atoms with Crippen LogP contribution in [0.2, 0.25) is 0 Å². The van der Waals surface area contributed by atoms with E-state index in [9.17, 15) is 0 Å². The van der Waals surface area contributed by atoms with Crippen molar-refractivity contribution in [1.29, 1.82) is 0 Å². The summed E-state index contributed by atoms with van der Waals surface area (Å²) < 4.78 is 0. The van der Waals surface area contributed by atoms with E-state index in [1.807, 2.05) is 12.1 Å². The van der Waals surface area contributed by atoms with Gasteiger partial charge in [-0.05, 0) is 36.3 Å². The number of nitrogens with one attached hydrogen (secondary N) is 1. The van der Waals surface area contributed by atoms with Crippen molar-refractivity contribution in [3.63, 3.8) is 0 Å². The van der Waals surface area contributed by atoms with Gasteiger partial charge in [0, 0.05) is 11.6 Å². The van der Waals surface area contributed by atoms with Gasteiger partial charge in [-0.2, -0.15) is 0 Å². The molecular weight excluding hydrogens is 278 g/mol. The fraction of sp³-hybridized carbons (Fsp3) is 0. The van der Waals surface area contributed by atoms with Crippen molar-refractivity contribution in [3.05, 3.63) is 109 Å². The van der Waals surface area contributed by atoms with Crippen LogP contribution in [0.15, 0.2) is 84.9 Å². The van der Waals surface area contributed by atoms with Gasteiger partial charge in [-0.1, -0.05) is 60.7 Å². The first kappa shape index (κ1) is 13.7. The molecule has 23 heavy (non-hydrogen) atoms. The molecule has 3 aromatic carbocycles. The molecule has 1 radical (unpaired) electrons. The van der Waals surface area contributed by atoms with Crippen LogP contribution < -0.4 is 4.99 Å². The van der Waals surface area contributed by atoms with Crippen LogP contribution in [-0.2, 0) is 0 Å². The van der Waals surface area contributed by atoms with Gasteiger partial charge < -0.3 is 0 Å². The van der Waals surface area contributed by atoms with Crippen molar-refractivity contribution >= 4 is 22.5 Å². The summed E-state index contributed by atoms with van der Waals surface area (Å²) in [5, 5.41) is 0. The summed E-state index contributed by atoms with van der Waals surface area (Å²) in [5.74, 6) is 0. The topological polar surface area (TPSA) is 14.0 Å². The van der Waals surface area contributed by atoms with Crippen LogP contribution in [0.3, 0.4) is 0 Å². The molecule has 0 atom stereocenters. The second kappa shape index (κ2) is 5.69. The van der Waals surface area contributed by atoms with E-state index in [1.54, 1.807) is 0 Å². The van der Waals surface area contributed by atoms with E-state index in [4.69, 9.17) is 0 Å². The number of para-hydroxylation sites is 1. The average Bonchev–Trinajstić information content (AvgIpc) is 3.02. The summed E-state index contributed by atoms with van der Waals surface area (Å²) in [6, 6.07) is 29.2. The van der Waals surface area contributed by atoms with Crippen LogP contribution in [0, 0.1) is 6.92 Å². The maximum absolute atomic E-state index is 4.38. The third kappa shape index (κ3) is 2.40. The maximum Gasteiger partial charge on any atom is 0.219 e. The SMILES string of the molecule is [CH2]/C(=C1\C(c2ccccc2)=[NH+]c2ccccc21)c1ccccc1. The zero-order chi connectivity index (χ0) is 15.6. The highest BCUT2D eigenvalue weighted by atomic mass is 14.8. The summed E-state index contributed by atoms with van der Waals surface area (Å²) in [5.41, 5.74) is 8.02. The molecule has 1 heteroatoms. The van der Waals surface area contributed by atoms with Gasteiger partial charge in [0.25, 0.3) is 0 Å². The zero-order valence-corrected chi connectivity index (χ0v) is 12.8. The first-order chi connectivity index (χ1) is 11.3. The molecule has 0 saturated carbocycles. The van der Waals surface area contributed by atoms with E-state index >= 15 is 0 Å². The van der Waals surface area contributed by atoms with Gasteiger partial charge >= 0.3 is 0 Å². The molecule has 0 bridgehead atoms. The number of allylic oxidation sites excluding steroid dienone is 2. The molecule has 0 aromatic heterocycles. The van der Waals surface area contributed by atoms with Gasteiger partial charge in [0.1, 0.15) is 0 Å². The van der Waals surface area contributed by atoms with E-state index in [1.165, 1.54) is 16.7 Å². The molecule has 0 saturated heterocycles. The lowest BCUT2D eigenvalue weighted by Gasteiger charge is -2.07. The molecule has 1 heterocycles. The van der Waals surface area contributed by atoms with Gasteiger partial charge in [0.05, 0.1) is 11.1 Å². The van der Waals surface area contributed by atoms with Crippen molar-refractivity contribution in [2.45, 2.75) is 0 Å². The Morgan fingerprint density at radius 2 is 1.30 bits per heavy atom. The standard InChI is InChI=1S/C22H16N/c1-16(17-10-4-2-5-11-17)21-19-14-8-9-15-20(19)23-22(21)18-12-6-3-7-13-18/h2-15H,1H2/p+1/b21-16+. The first-order valence-electron chi connectivity index (χ1n) is 7.75. The van der Waals surface area contributed by atoms with Crippen LogP contribution in [-0.4, -0.2) is 5.71 Å². The summed E-state index contributed by atoms with van der Waals surface area (Å²) in [4.78, 5) is 3.57. The van der Waals surface area contributed by atoms with Crippen LogP contribution in [0.4, 0.5) is 5.69 Å². The predicted octanol–water partition coefficient (Wildman–Crippen LogP) is 3.65. The van der Waals surface area contributed by atoms with E-state index < -0.39 is 0 Å². The lowest BCUT2D eigenvalue weighted by molar-refractivity contribution is -0.348. The Kier molecular flexibility index (Phi) is 3.39. The summed E-state index contributed by atoms with van der Waals surface area (Å²) in [6.45, 7) is 4.38. The summed E-state index contributed by atoms with van der Waals surface area (Å²) in [7, 11) is 0. The monoisotopic (exact) mass is 295 g/mol. The van der Waals surface area contributed by atoms with Crippen molar-refractivity contribution in [2.24, 2.45) is 0 Å². The van der Waals surface area contributed by atoms with E-state index in [-0.39, 0.29) is 0 Å². The molecule has 1 aliphatic heterocycles. The van der Waals surface area contributed by atoms with Gasteiger partial charge in [0.15, 0.2) is 0 Å². The summed E-state index contributed by atoms with van der Waals surface area (Å²) >= 11 is 0. The van der Waals surface area contributed by atoms with E-state index in [0.29, 0.717) is 0 Å². The van der Waals surface area contributed by atoms with Crippen LogP contribution in [0.25, 0.3) is 11.1 Å². The fourth-order valence-electron chi connectivity index (χ4n) is 3.06. The minimum absolute atomic E-state index is 1.04. The highest BCUT2D eigenvalue weighted by Gasteiger charge is 2.30. The smallest absolute Gasteiger partial charge is 0.204 e. The molecule has 0 fully saturated rings. The van der Waals surface area contributed by atoms with Gasteiger partial charge in [-0.3, -0.25) is 0 Å². The third-order valence-electron chi connectivity index (χ3n) is 4.19. The Hall–Kier alpha value is -2.93. The van der Waals surface area contributed by atoms with Gasteiger partial charge in [-0.15, -0.1) is 0 Å². The molecule has 0 amide bonds. The normalized spacial score (nSPS) is 15.1. The highest BCUT2D eigenvalue weighted by Crippen LogP contribution is 2.33. The fourth-order valence-corrected chi connectivity index (χ4v) is 3.06. The van der Waals surface area contributed by atoms with E-state index in [2.05, 4.69) is 84.7 Å². The molecule has 1 aliphatic rings. The molecule has 4 rings (SSSR count). The van der Waals surface area contributed by atoms with Crippen LogP contribution in [0.1, 0.15) is 16.7 Å². The Bertz CT molecular complexity index is 903. The average molecular weight is 295 g/mol. The Balaban J connectivity index is 1.96. The second-order valence-electron chi connectivity index (χ2n) is 5.63. The number of benzene rings is 3. The van der Waals surface area contributed by atoms with Crippen molar-refractivity contribution in [2.75, 3.05) is 0 Å². The number of rotatable bonds is 2. The molecule has 0 spiro atoms. The quantitative estimate of drug-likeness (QED) is 0.742. The largest absolute Gasteiger partial charge is 0.219 e. The molecule has 3 aromatic rings. The molecular formula is C22H17N+. The molecule has 0 aliphatic carbocycles. The Morgan fingerprint density at radius 3 is 2.04 bits per heavy atom. The lowest BCUT2D eigenvalue weighted by atomic mass is 9.91. The maximum atomic E-state index is 4.38. The zero-order valence-electron chi connectivity index (χ0n) is 12.8. The molecule has 1 nitrogen and oxygen atoms in total. The lowest BCUT2D eigenvalue weighted by Crippen LogP contribution is -2.64. The van der Waals surface area contributed by atoms with Gasteiger partial charge in [0.2, 0.25) is 11.4 Å². The van der Waals surface area contributed by atoms with Crippen LogP contribution in [0.5, 0.6) is 0 Å². The van der Waals surface area contributed by atoms with Gasteiger partial charge in [-0.25, -0.2) is 4.99 Å².